The van der Waals surface area contributed by atoms with E-state index in [0.717, 1.165) is 16.7 Å². The lowest BCUT2D eigenvalue weighted by Gasteiger charge is -2.30. The lowest BCUT2D eigenvalue weighted by Crippen LogP contribution is -2.51. The number of aliphatic hydroxyl groups is 1. The van der Waals surface area contributed by atoms with E-state index in [1.807, 2.05) is 13.8 Å². The van der Waals surface area contributed by atoms with E-state index >= 15 is 0 Å². The van der Waals surface area contributed by atoms with Gasteiger partial charge in [-0.2, -0.15) is 9.04 Å². The molecule has 19 heteroatoms. The minimum Gasteiger partial charge on any atom is -0.619 e. The number of aliphatic hydroxyl groups excluding tert-OH is 1. The first-order valence-corrected chi connectivity index (χ1v) is 21.8. The average Bonchev–Trinajstić information content (AvgIpc) is 3.79. The van der Waals surface area contributed by atoms with Crippen LogP contribution >= 0.6 is 7.60 Å². The fourth-order valence-corrected chi connectivity index (χ4v) is 9.40. The van der Waals surface area contributed by atoms with Crippen LogP contribution in [-0.2, 0) is 49.3 Å². The molecule has 0 aliphatic carbocycles. The van der Waals surface area contributed by atoms with E-state index in [0.29, 0.717) is 23.3 Å². The molecule has 1 aromatic heterocycles. The maximum absolute atomic E-state index is 13.8. The lowest BCUT2D eigenvalue weighted by molar-refractivity contribution is -0.607. The van der Waals surface area contributed by atoms with E-state index in [9.17, 15) is 32.9 Å². The molecule has 7 atom stereocenters. The third-order valence-electron chi connectivity index (χ3n) is 9.05. The molecule has 1 unspecified atom stereocenters. The molecule has 1 amide bonds. The molecule has 2 N–H and O–H groups in total. The second-order valence-corrected chi connectivity index (χ2v) is 17.9. The van der Waals surface area contributed by atoms with Crippen molar-refractivity contribution in [2.24, 2.45) is 11.8 Å². The number of hydrogen-bond acceptors (Lipinski definition) is 14. The van der Waals surface area contributed by atoms with Crippen LogP contribution in [-0.4, -0.2) is 99.8 Å². The van der Waals surface area contributed by atoms with Gasteiger partial charge in [0.15, 0.2) is 24.8 Å². The number of benzene rings is 2. The number of pyridine rings is 1. The summed E-state index contributed by atoms with van der Waals surface area (Å²) in [7, 11) is -8.34. The number of fused-ring (bicyclic) bond motifs is 1. The van der Waals surface area contributed by atoms with Gasteiger partial charge in [-0.05, 0) is 68.5 Å². The number of para-hydroxylation sites is 1. The molecular formula is C38H50N3O14PS. The fraction of sp³-hybridized carbons (Fsp3) is 0.500. The molecule has 2 saturated heterocycles. The zero-order chi connectivity index (χ0) is 41.2. The molecule has 0 saturated carbocycles. The Labute approximate surface area is 332 Å². The van der Waals surface area contributed by atoms with Crippen LogP contribution in [0.1, 0.15) is 39.7 Å². The number of alkyl carbamates (subject to hydrolysis) is 1. The number of amides is 1. The van der Waals surface area contributed by atoms with Gasteiger partial charge in [-0.3, -0.25) is 4.52 Å². The number of nitrogens with one attached hydrogen (secondary N) is 1. The van der Waals surface area contributed by atoms with Crippen molar-refractivity contribution in [2.75, 3.05) is 39.3 Å². The number of rotatable bonds is 20. The molecule has 5 rings (SSSR count). The van der Waals surface area contributed by atoms with Crippen molar-refractivity contribution in [2.45, 2.75) is 76.1 Å². The van der Waals surface area contributed by atoms with Crippen LogP contribution in [0.25, 0.3) is 0 Å². The Morgan fingerprint density at radius 2 is 1.77 bits per heavy atom. The molecule has 2 aromatic carbocycles. The Balaban J connectivity index is 1.32. The molecule has 0 radical (unpaired) electrons. The van der Waals surface area contributed by atoms with E-state index in [4.69, 9.17) is 32.7 Å². The van der Waals surface area contributed by atoms with Crippen LogP contribution in [0.15, 0.2) is 84.0 Å². The average molecular weight is 836 g/mol. The first-order chi connectivity index (χ1) is 27.2. The molecule has 3 aromatic rings. The lowest BCUT2D eigenvalue weighted by atomic mass is 10.0. The highest BCUT2D eigenvalue weighted by atomic mass is 32.2. The summed E-state index contributed by atoms with van der Waals surface area (Å²) in [4.78, 5) is 25.4. The Hall–Kier alpha value is -4.29. The first kappa shape index (κ1) is 43.8. The summed E-state index contributed by atoms with van der Waals surface area (Å²) < 4.78 is 81.7. The van der Waals surface area contributed by atoms with Crippen LogP contribution < -0.4 is 19.3 Å². The Bertz CT molecular complexity index is 1940. The number of sulfonamides is 1. The molecule has 2 aliphatic rings. The van der Waals surface area contributed by atoms with Crippen LogP contribution in [0.2, 0.25) is 0 Å². The van der Waals surface area contributed by atoms with Crippen LogP contribution in [0.4, 0.5) is 4.79 Å². The highest BCUT2D eigenvalue weighted by Gasteiger charge is 2.44. The molecule has 17 nitrogen and oxygen atoms in total. The van der Waals surface area contributed by atoms with Crippen molar-refractivity contribution in [1.82, 2.24) is 9.62 Å². The summed E-state index contributed by atoms with van der Waals surface area (Å²) in [6.45, 7) is 6.97. The normalized spacial score (nSPS) is 20.6. The van der Waals surface area contributed by atoms with Gasteiger partial charge in [0.1, 0.15) is 22.5 Å². The van der Waals surface area contributed by atoms with Crippen LogP contribution in [0.5, 0.6) is 11.5 Å². The van der Waals surface area contributed by atoms with Crippen molar-refractivity contribution in [3.05, 3.63) is 89.9 Å². The zero-order valence-electron chi connectivity index (χ0n) is 32.2. The van der Waals surface area contributed by atoms with Gasteiger partial charge >= 0.3 is 19.7 Å². The Morgan fingerprint density at radius 3 is 2.46 bits per heavy atom. The number of ether oxygens (including phenoxy) is 5. The third kappa shape index (κ3) is 12.4. The van der Waals surface area contributed by atoms with Gasteiger partial charge in [-0.1, -0.05) is 44.2 Å². The molecule has 312 valence electrons. The summed E-state index contributed by atoms with van der Waals surface area (Å²) in [5.41, 5.74) is 0.602. The van der Waals surface area contributed by atoms with Gasteiger partial charge in [-0.25, -0.2) is 22.6 Å². The van der Waals surface area contributed by atoms with E-state index in [1.165, 1.54) is 19.1 Å². The smallest absolute Gasteiger partial charge is 0.417 e. The van der Waals surface area contributed by atoms with Gasteiger partial charge in [0.05, 0.1) is 37.9 Å². The van der Waals surface area contributed by atoms with E-state index < -0.39 is 73.2 Å². The minimum absolute atomic E-state index is 0.0128. The second-order valence-electron chi connectivity index (χ2n) is 14.0. The van der Waals surface area contributed by atoms with E-state index in [1.54, 1.807) is 61.5 Å². The van der Waals surface area contributed by atoms with Gasteiger partial charge < -0.3 is 43.8 Å². The Kier molecular flexibility index (Phi) is 15.3. The maximum Gasteiger partial charge on any atom is 0.417 e. The van der Waals surface area contributed by atoms with E-state index in [-0.39, 0.29) is 54.4 Å². The van der Waals surface area contributed by atoms with Crippen molar-refractivity contribution in [3.63, 3.8) is 0 Å². The SMILES string of the molecule is CCOC(=O)[C@H](C)OP(=O)(COc1ccc(C[C@H](NC(=O)O[C@H]2CO[C@H]3OCC[C@H]32)[C@H](O)CN(CC(C)C)S(=O)(=O)c2ccc[n+]([O-])c2)cc1)Oc1ccccc1. The van der Waals surface area contributed by atoms with Gasteiger partial charge in [0.2, 0.25) is 16.4 Å². The van der Waals surface area contributed by atoms with Gasteiger partial charge in [-0.15, -0.1) is 0 Å². The molecule has 57 heavy (non-hydrogen) atoms. The summed E-state index contributed by atoms with van der Waals surface area (Å²) in [6.07, 6.45) is -2.33. The Morgan fingerprint density at radius 1 is 1.04 bits per heavy atom. The van der Waals surface area contributed by atoms with Gasteiger partial charge in [0, 0.05) is 19.2 Å². The maximum atomic E-state index is 13.8. The zero-order valence-corrected chi connectivity index (χ0v) is 33.9. The molecular weight excluding hydrogens is 785 g/mol. The monoisotopic (exact) mass is 835 g/mol. The van der Waals surface area contributed by atoms with Gasteiger partial charge in [0.25, 0.3) is 0 Å². The van der Waals surface area contributed by atoms with Crippen LogP contribution in [0, 0.1) is 17.0 Å². The number of carbonyl (C=O) groups is 2. The molecule has 0 bridgehead atoms. The summed E-state index contributed by atoms with van der Waals surface area (Å²) in [5.74, 6) is -0.521. The summed E-state index contributed by atoms with van der Waals surface area (Å²) in [6, 6.07) is 16.3. The highest BCUT2D eigenvalue weighted by Crippen LogP contribution is 2.49. The number of aromatic nitrogens is 1. The first-order valence-electron chi connectivity index (χ1n) is 18.6. The number of hydrogen-bond donors (Lipinski definition) is 2. The largest absolute Gasteiger partial charge is 0.619 e. The van der Waals surface area contributed by atoms with Crippen molar-refractivity contribution < 1.29 is 65.1 Å². The van der Waals surface area contributed by atoms with Crippen molar-refractivity contribution in [1.29, 1.82) is 0 Å². The molecule has 0 spiro atoms. The standard InChI is InChI=1S/C38H50N3O14PS/c1-5-49-36(43)27(4)54-56(46,55-30-10-7-6-8-11-30)25-52-29-15-13-28(14-16-29)20-33(39-38(44)53-35-24-51-37-32(35)17-19-50-37)34(42)23-41(21-26(2)3)57(47,48)31-12-9-18-40(45)22-31/h6-16,18,22,26-27,32-35,37,42H,5,17,19-21,23-25H2,1-4H3,(H,39,44)/t27-,32-,33-,34+,35-,37+,56?/m0/s1. The molecule has 2 aliphatic heterocycles. The number of esters is 1. The summed E-state index contributed by atoms with van der Waals surface area (Å²) >= 11 is 0. The van der Waals surface area contributed by atoms with Crippen molar-refractivity contribution >= 4 is 29.7 Å². The predicted molar refractivity (Wildman–Crippen MR) is 203 cm³/mol. The highest BCUT2D eigenvalue weighted by molar-refractivity contribution is 7.89. The summed E-state index contributed by atoms with van der Waals surface area (Å²) in [5, 5.41) is 26.4. The number of carbonyl (C=O) groups excluding carboxylic acids is 2. The molecule has 2 fully saturated rings. The number of nitrogens with zero attached hydrogens (tertiary/aromatic N) is 2. The minimum atomic E-state index is -4.24. The second kappa shape index (κ2) is 19.9. The van der Waals surface area contributed by atoms with E-state index in [2.05, 4.69) is 5.32 Å². The molecule has 3 heterocycles. The van der Waals surface area contributed by atoms with Crippen molar-refractivity contribution in [3.8, 4) is 11.5 Å². The predicted octanol–water partition coefficient (Wildman–Crippen LogP) is 4.00. The fourth-order valence-electron chi connectivity index (χ4n) is 6.30. The third-order valence-corrected chi connectivity index (χ3v) is 12.4. The van der Waals surface area contributed by atoms with Crippen LogP contribution in [0.3, 0.4) is 0 Å². The quantitative estimate of drug-likeness (QED) is 0.0713. The topological polar surface area (TPSA) is 212 Å².